The molecule has 2 bridgehead atoms. The quantitative estimate of drug-likeness (QED) is 0.250. The first kappa shape index (κ1) is 36.3. The number of benzene rings is 3. The topological polar surface area (TPSA) is 132 Å². The summed E-state index contributed by atoms with van der Waals surface area (Å²) < 4.78 is 46.5. The Morgan fingerprint density at radius 1 is 0.691 bits per heavy atom. The Labute approximate surface area is 312 Å². The third-order valence-electron chi connectivity index (χ3n) is 11.3. The van der Waals surface area contributed by atoms with Crippen LogP contribution in [0.5, 0.6) is 0 Å². The van der Waals surface area contributed by atoms with Crippen molar-refractivity contribution in [1.82, 2.24) is 18.9 Å². The van der Waals surface area contributed by atoms with Crippen molar-refractivity contribution < 1.29 is 33.0 Å². The first-order valence-corrected chi connectivity index (χ1v) is 18.2. The zero-order valence-corrected chi connectivity index (χ0v) is 30.2. The number of hydrogen-bond acceptors (Lipinski definition) is 8. The van der Waals surface area contributed by atoms with Gasteiger partial charge in [-0.05, 0) is 81.9 Å². The molecule has 5 heterocycles. The number of likely N-dealkylation sites (tertiary alicyclic amines) is 1. The number of rotatable bonds is 6. The number of nitrogens with zero attached hydrogens (tertiary/aromatic N) is 6. The number of anilines is 2. The van der Waals surface area contributed by atoms with Crippen LogP contribution in [0.25, 0.3) is 27.5 Å². The molecule has 0 spiro atoms. The Balaban J connectivity index is 0.000000156. The van der Waals surface area contributed by atoms with Gasteiger partial charge < -0.3 is 34.0 Å². The molecule has 3 saturated heterocycles. The van der Waals surface area contributed by atoms with Crippen LogP contribution in [0.15, 0.2) is 70.5 Å². The van der Waals surface area contributed by atoms with E-state index in [4.69, 9.17) is 0 Å². The molecule has 2 aromatic heterocycles. The second-order valence-electron chi connectivity index (χ2n) is 14.9. The number of carboxylic acid groups (broad SMARTS) is 2. The summed E-state index contributed by atoms with van der Waals surface area (Å²) in [5.41, 5.74) is 0.199. The average molecular weight is 757 g/mol. The smallest absolute Gasteiger partial charge is 0.341 e. The molecule has 1 aliphatic carbocycles. The van der Waals surface area contributed by atoms with Crippen molar-refractivity contribution in [3.63, 3.8) is 0 Å². The van der Waals surface area contributed by atoms with Gasteiger partial charge in [0.2, 0.25) is 10.9 Å². The monoisotopic (exact) mass is 756 g/mol. The van der Waals surface area contributed by atoms with Gasteiger partial charge in [0.05, 0.1) is 22.4 Å². The van der Waals surface area contributed by atoms with Gasteiger partial charge in [-0.3, -0.25) is 14.5 Å². The van der Waals surface area contributed by atoms with Gasteiger partial charge in [-0.15, -0.1) is 0 Å². The van der Waals surface area contributed by atoms with E-state index in [1.54, 1.807) is 12.1 Å². The summed E-state index contributed by atoms with van der Waals surface area (Å²) in [7, 11) is 4.09. The van der Waals surface area contributed by atoms with Crippen molar-refractivity contribution in [2.45, 2.75) is 37.4 Å². The lowest BCUT2D eigenvalue weighted by Crippen LogP contribution is -2.44. The van der Waals surface area contributed by atoms with E-state index in [0.29, 0.717) is 47.2 Å². The molecule has 4 aliphatic rings. The SMILES string of the molecule is CN1CCN(c2cc3c(cc2F)c(=O)c(C(=O)O)cn3-c2ccc(F)cc2)CC1.CN1C[C@@H]2C[C@H]1CN2c1cc2c(cc1F)c(=O)c(C(=O)O)cn2C1CC1. The lowest BCUT2D eigenvalue weighted by Gasteiger charge is -2.34. The summed E-state index contributed by atoms with van der Waals surface area (Å²) in [6, 6.07) is 12.0. The van der Waals surface area contributed by atoms with Crippen LogP contribution in [0.3, 0.4) is 0 Å². The molecule has 9 rings (SSSR count). The van der Waals surface area contributed by atoms with Crippen molar-refractivity contribution >= 4 is 45.1 Å². The van der Waals surface area contributed by atoms with E-state index in [1.165, 1.54) is 47.3 Å². The van der Waals surface area contributed by atoms with E-state index in [9.17, 15) is 42.6 Å². The summed E-state index contributed by atoms with van der Waals surface area (Å²) in [6.45, 7) is 4.51. The Bertz CT molecular complexity index is 2490. The molecule has 1 saturated carbocycles. The molecule has 12 nitrogen and oxygen atoms in total. The van der Waals surface area contributed by atoms with Gasteiger partial charge in [-0.2, -0.15) is 0 Å². The number of fused-ring (bicyclic) bond motifs is 4. The van der Waals surface area contributed by atoms with E-state index >= 15 is 0 Å². The maximum Gasteiger partial charge on any atom is 0.341 e. The van der Waals surface area contributed by atoms with Crippen molar-refractivity contribution in [3.05, 3.63) is 110 Å². The maximum atomic E-state index is 14.9. The van der Waals surface area contributed by atoms with Gasteiger partial charge in [-0.1, -0.05) is 0 Å². The standard InChI is InChI=1S/C21H19F2N3O3.C19H20FN3O3/c1-24-6-8-25(9-7-24)19-11-18-15(10-17(19)23)20(27)16(21(28)29)12-26(18)14-4-2-13(22)3-5-14;1-21-7-12-4-11(21)8-22(12)17-6-16-13(5-15(17)20)18(24)14(19(25)26)9-23(16)10-2-3-10/h2-5,10-12H,6-9H2,1H3,(H,28,29);5-6,9-12H,2-4,7-8H2,1H3,(H,25,26)/t;11-,12-/m.0/s1. The van der Waals surface area contributed by atoms with Crippen LogP contribution in [0.2, 0.25) is 0 Å². The molecule has 2 N–H and O–H groups in total. The third-order valence-corrected chi connectivity index (χ3v) is 11.3. The fraction of sp³-hybridized carbons (Fsp3) is 0.350. The highest BCUT2D eigenvalue weighted by molar-refractivity contribution is 5.95. The Kier molecular flexibility index (Phi) is 9.16. The summed E-state index contributed by atoms with van der Waals surface area (Å²) >= 11 is 0. The molecule has 0 radical (unpaired) electrons. The van der Waals surface area contributed by atoms with Crippen molar-refractivity contribution in [2.75, 3.05) is 63.2 Å². The highest BCUT2D eigenvalue weighted by atomic mass is 19.1. The normalized spacial score (nSPS) is 19.9. The number of carboxylic acids is 2. The molecular formula is C40H39F3N6O6. The van der Waals surface area contributed by atoms with Crippen LogP contribution in [-0.2, 0) is 0 Å². The Morgan fingerprint density at radius 2 is 1.27 bits per heavy atom. The molecular weight excluding hydrogens is 717 g/mol. The van der Waals surface area contributed by atoms with E-state index < -0.39 is 45.8 Å². The largest absolute Gasteiger partial charge is 0.477 e. The van der Waals surface area contributed by atoms with Crippen LogP contribution >= 0.6 is 0 Å². The van der Waals surface area contributed by atoms with Gasteiger partial charge in [0, 0.05) is 86.2 Å². The van der Waals surface area contributed by atoms with Gasteiger partial charge in [0.25, 0.3) is 0 Å². The molecule has 55 heavy (non-hydrogen) atoms. The second-order valence-corrected chi connectivity index (χ2v) is 14.9. The van der Waals surface area contributed by atoms with E-state index in [0.717, 1.165) is 51.5 Å². The van der Waals surface area contributed by atoms with Gasteiger partial charge in [0.15, 0.2) is 0 Å². The van der Waals surface area contributed by atoms with Gasteiger partial charge in [-0.25, -0.2) is 22.8 Å². The molecule has 2 atom stereocenters. The van der Waals surface area contributed by atoms with Crippen molar-refractivity contribution in [1.29, 1.82) is 0 Å². The minimum atomic E-state index is -1.41. The van der Waals surface area contributed by atoms with Crippen LogP contribution in [-0.4, -0.2) is 107 Å². The third kappa shape index (κ3) is 6.60. The van der Waals surface area contributed by atoms with Gasteiger partial charge >= 0.3 is 11.9 Å². The summed E-state index contributed by atoms with van der Waals surface area (Å²) in [5, 5.41) is 18.9. The highest BCUT2D eigenvalue weighted by Crippen LogP contribution is 2.40. The zero-order valence-electron chi connectivity index (χ0n) is 30.2. The molecule has 0 amide bonds. The molecule has 5 aromatic rings. The number of likely N-dealkylation sites (N-methyl/N-ethyl adjacent to an activating group) is 2. The molecule has 0 unspecified atom stereocenters. The molecule has 286 valence electrons. The highest BCUT2D eigenvalue weighted by Gasteiger charge is 2.42. The molecule has 15 heteroatoms. The maximum absolute atomic E-state index is 14.9. The van der Waals surface area contributed by atoms with E-state index in [1.807, 2.05) is 16.5 Å². The number of carbonyl (C=O) groups is 2. The first-order chi connectivity index (χ1) is 26.3. The fourth-order valence-electron chi connectivity index (χ4n) is 8.14. The van der Waals surface area contributed by atoms with Crippen molar-refractivity contribution in [3.8, 4) is 5.69 Å². The van der Waals surface area contributed by atoms with Crippen LogP contribution in [0.1, 0.15) is 46.0 Å². The fourth-order valence-corrected chi connectivity index (χ4v) is 8.14. The minimum Gasteiger partial charge on any atom is -0.477 e. The van der Waals surface area contributed by atoms with E-state index in [2.05, 4.69) is 21.7 Å². The predicted molar refractivity (Wildman–Crippen MR) is 202 cm³/mol. The van der Waals surface area contributed by atoms with E-state index in [-0.39, 0.29) is 28.4 Å². The molecule has 3 aromatic carbocycles. The minimum absolute atomic E-state index is 0.0374. The number of halogens is 3. The van der Waals surface area contributed by atoms with Crippen LogP contribution in [0.4, 0.5) is 24.5 Å². The number of piperazine rings is 2. The van der Waals surface area contributed by atoms with Crippen LogP contribution < -0.4 is 20.7 Å². The Morgan fingerprint density at radius 3 is 1.84 bits per heavy atom. The number of aromatic nitrogens is 2. The molecule has 3 aliphatic heterocycles. The number of aromatic carboxylic acids is 2. The molecule has 4 fully saturated rings. The lowest BCUT2D eigenvalue weighted by molar-refractivity contribution is 0.0684. The lowest BCUT2D eigenvalue weighted by atomic mass is 10.1. The van der Waals surface area contributed by atoms with Crippen molar-refractivity contribution in [2.24, 2.45) is 0 Å². The average Bonchev–Trinajstić information content (AvgIpc) is 3.82. The summed E-state index contributed by atoms with van der Waals surface area (Å²) in [6.07, 6.45) is 5.55. The summed E-state index contributed by atoms with van der Waals surface area (Å²) in [5.74, 6) is -4.14. The van der Waals surface area contributed by atoms with Crippen LogP contribution in [0, 0.1) is 17.5 Å². The number of hydrogen-bond donors (Lipinski definition) is 2. The zero-order chi connectivity index (χ0) is 38.9. The predicted octanol–water partition coefficient (Wildman–Crippen LogP) is 4.79. The second kappa shape index (κ2) is 13.9. The first-order valence-electron chi connectivity index (χ1n) is 18.2. The van der Waals surface area contributed by atoms with Gasteiger partial charge in [0.1, 0.15) is 28.6 Å². The number of pyridine rings is 2. The Hall–Kier alpha value is -5.67. The summed E-state index contributed by atoms with van der Waals surface area (Å²) in [4.78, 5) is 56.6.